The van der Waals surface area contributed by atoms with Crippen molar-refractivity contribution < 1.29 is 9.63 Å². The predicted molar refractivity (Wildman–Crippen MR) is 164 cm³/mol. The molecule has 0 amide bonds. The number of nitriles is 1. The lowest BCUT2D eigenvalue weighted by molar-refractivity contribution is 0.232. The van der Waals surface area contributed by atoms with Gasteiger partial charge in [-0.15, -0.1) is 11.3 Å². The van der Waals surface area contributed by atoms with E-state index in [1.54, 1.807) is 23.1 Å². The zero-order chi connectivity index (χ0) is 30.2. The number of fused-ring (bicyclic) bond motifs is 5. The third-order valence-corrected chi connectivity index (χ3v) is 11.2. The second-order valence-corrected chi connectivity index (χ2v) is 13.5. The molecule has 3 N–H and O–H groups in total. The molecule has 12 nitrogen and oxygen atoms in total. The van der Waals surface area contributed by atoms with Crippen LogP contribution in [0.1, 0.15) is 84.5 Å². The van der Waals surface area contributed by atoms with Crippen LogP contribution < -0.4 is 5.73 Å². The number of hydrogen-bond donors (Lipinski definition) is 2. The van der Waals surface area contributed by atoms with E-state index in [9.17, 15) is 10.4 Å². The highest BCUT2D eigenvalue weighted by atomic mass is 32.1. The Morgan fingerprint density at radius 2 is 2.07 bits per heavy atom. The maximum atomic E-state index is 10.1. The highest BCUT2D eigenvalue weighted by molar-refractivity contribution is 7.16. The lowest BCUT2D eigenvalue weighted by Gasteiger charge is -2.39. The second-order valence-electron chi connectivity index (χ2n) is 12.4. The quantitative estimate of drug-likeness (QED) is 0.294. The first-order valence-corrected chi connectivity index (χ1v) is 16.2. The summed E-state index contributed by atoms with van der Waals surface area (Å²) < 4.78 is 9.92. The highest BCUT2D eigenvalue weighted by Crippen LogP contribution is 2.55. The summed E-state index contributed by atoms with van der Waals surface area (Å²) in [4.78, 5) is 13.7. The van der Waals surface area contributed by atoms with Gasteiger partial charge in [-0.3, -0.25) is 0 Å². The van der Waals surface area contributed by atoms with E-state index in [0.717, 1.165) is 80.2 Å². The monoisotopic (exact) mass is 610 g/mol. The van der Waals surface area contributed by atoms with E-state index in [4.69, 9.17) is 25.3 Å². The van der Waals surface area contributed by atoms with Gasteiger partial charge in [0, 0.05) is 22.7 Å². The zero-order valence-electron chi connectivity index (χ0n) is 24.8. The van der Waals surface area contributed by atoms with Gasteiger partial charge in [-0.1, -0.05) is 5.16 Å². The minimum absolute atomic E-state index is 0.0779. The highest BCUT2D eigenvalue weighted by Gasteiger charge is 2.49. The molecule has 0 aromatic carbocycles. The van der Waals surface area contributed by atoms with Gasteiger partial charge < -0.3 is 20.3 Å². The molecule has 1 fully saturated rings. The lowest BCUT2D eigenvalue weighted by atomic mass is 9.63. The molecule has 2 aliphatic carbocycles. The first-order valence-electron chi connectivity index (χ1n) is 15.4. The number of aliphatic hydroxyl groups excluding tert-OH is 1. The number of aryl methyl sites for hydroxylation is 1. The van der Waals surface area contributed by atoms with Crippen molar-refractivity contribution in [1.29, 1.82) is 5.26 Å². The normalized spacial score (nSPS) is 22.4. The third kappa shape index (κ3) is 3.84. The van der Waals surface area contributed by atoms with E-state index in [1.165, 1.54) is 16.2 Å². The molecule has 5 aromatic heterocycles. The average Bonchev–Trinajstić information content (AvgIpc) is 3.86. The van der Waals surface area contributed by atoms with Crippen LogP contribution in [-0.2, 0) is 24.9 Å². The van der Waals surface area contributed by atoms with Gasteiger partial charge in [-0.2, -0.15) is 15.5 Å². The van der Waals surface area contributed by atoms with Crippen LogP contribution in [0, 0.1) is 11.3 Å². The van der Waals surface area contributed by atoms with Crippen molar-refractivity contribution in [3.8, 4) is 23.4 Å². The Morgan fingerprint density at radius 3 is 2.84 bits per heavy atom. The second kappa shape index (κ2) is 10.2. The van der Waals surface area contributed by atoms with Crippen LogP contribution in [0.2, 0.25) is 0 Å². The zero-order valence-corrected chi connectivity index (χ0v) is 25.6. The van der Waals surface area contributed by atoms with Crippen molar-refractivity contribution in [3.63, 3.8) is 0 Å². The first-order chi connectivity index (χ1) is 21.4. The van der Waals surface area contributed by atoms with Crippen LogP contribution in [0.3, 0.4) is 0 Å². The molecule has 0 bridgehead atoms. The molecule has 6 heterocycles. The molecule has 13 heteroatoms. The number of nitrogens with zero attached hydrogens (tertiary/aromatic N) is 9. The minimum atomic E-state index is -0.437. The van der Waals surface area contributed by atoms with E-state index in [-0.39, 0.29) is 12.6 Å². The third-order valence-electron chi connectivity index (χ3n) is 10.1. The molecule has 0 saturated carbocycles. The summed E-state index contributed by atoms with van der Waals surface area (Å²) in [5.74, 6) is 1.78. The van der Waals surface area contributed by atoms with Crippen LogP contribution in [-0.4, -0.2) is 64.3 Å². The summed E-state index contributed by atoms with van der Waals surface area (Å²) in [6.45, 7) is 3.06. The number of thiophene rings is 1. The molecular formula is C31H34N10O2S. The van der Waals surface area contributed by atoms with E-state index >= 15 is 0 Å². The van der Waals surface area contributed by atoms with Gasteiger partial charge in [0.2, 0.25) is 0 Å². The van der Waals surface area contributed by atoms with E-state index in [2.05, 4.69) is 35.2 Å². The molecule has 0 unspecified atom stereocenters. The molecule has 226 valence electrons. The summed E-state index contributed by atoms with van der Waals surface area (Å²) in [5.41, 5.74) is 10.4. The van der Waals surface area contributed by atoms with Crippen molar-refractivity contribution in [1.82, 2.24) is 39.6 Å². The Morgan fingerprint density at radius 1 is 1.23 bits per heavy atom. The fraction of sp³-hybridized carbons (Fsp3) is 0.484. The molecule has 0 radical (unpaired) electrons. The molecular weight excluding hydrogens is 576 g/mol. The number of nitrogens with two attached hydrogens (primary N) is 1. The number of anilines is 1. The van der Waals surface area contributed by atoms with Gasteiger partial charge in [-0.25, -0.2) is 19.3 Å². The topological polar surface area (TPSA) is 161 Å². The first kappa shape index (κ1) is 27.4. The molecule has 3 atom stereocenters. The number of likely N-dealkylation sites (N-methyl/N-ethyl adjacent to an activating group) is 1. The van der Waals surface area contributed by atoms with Gasteiger partial charge in [0.25, 0.3) is 0 Å². The molecule has 1 saturated heterocycles. The maximum Gasteiger partial charge on any atom is 0.186 e. The number of nitrogen functional groups attached to an aromatic ring is 1. The molecule has 3 aliphatic rings. The van der Waals surface area contributed by atoms with Crippen molar-refractivity contribution in [2.45, 2.75) is 82.4 Å². The summed E-state index contributed by atoms with van der Waals surface area (Å²) in [7, 11) is 2.16. The summed E-state index contributed by atoms with van der Waals surface area (Å²) in [6.07, 6.45) is 11.1. The molecule has 1 aliphatic heterocycles. The van der Waals surface area contributed by atoms with Gasteiger partial charge in [0.15, 0.2) is 28.7 Å². The number of aromatic nitrogens is 7. The van der Waals surface area contributed by atoms with E-state index < -0.39 is 5.41 Å². The van der Waals surface area contributed by atoms with E-state index in [1.807, 2.05) is 4.68 Å². The summed E-state index contributed by atoms with van der Waals surface area (Å²) in [6, 6.07) is 4.58. The molecule has 44 heavy (non-hydrogen) atoms. The van der Waals surface area contributed by atoms with Gasteiger partial charge in [0.1, 0.15) is 11.1 Å². The predicted octanol–water partition coefficient (Wildman–Crippen LogP) is 4.29. The summed E-state index contributed by atoms with van der Waals surface area (Å²) >= 11 is 1.53. The Labute approximate surface area is 258 Å². The minimum Gasteiger partial charge on any atom is -0.390 e. The summed E-state index contributed by atoms with van der Waals surface area (Å²) in [5, 5.41) is 35.5. The molecule has 5 aromatic rings. The number of likely N-dealkylation sites (tertiary alicyclic amines) is 1. The number of hydrogen-bond acceptors (Lipinski definition) is 11. The Balaban J connectivity index is 1.33. The van der Waals surface area contributed by atoms with Crippen molar-refractivity contribution >= 4 is 27.4 Å². The van der Waals surface area contributed by atoms with Crippen LogP contribution in [0.4, 0.5) is 5.00 Å². The van der Waals surface area contributed by atoms with Crippen molar-refractivity contribution in [2.24, 2.45) is 0 Å². The molecule has 1 spiro atoms. The van der Waals surface area contributed by atoms with Crippen LogP contribution >= 0.6 is 11.3 Å². The Hall–Kier alpha value is -4.12. The van der Waals surface area contributed by atoms with Crippen molar-refractivity contribution in [3.05, 3.63) is 51.5 Å². The van der Waals surface area contributed by atoms with Crippen molar-refractivity contribution in [2.75, 3.05) is 19.3 Å². The van der Waals surface area contributed by atoms with E-state index in [0.29, 0.717) is 45.3 Å². The number of aliphatic hydroxyl groups is 1. The van der Waals surface area contributed by atoms with Crippen LogP contribution in [0.5, 0.6) is 0 Å². The average molecular weight is 611 g/mol. The molecule has 8 rings (SSSR count). The smallest absolute Gasteiger partial charge is 0.186 e. The van der Waals surface area contributed by atoms with Crippen LogP contribution in [0.25, 0.3) is 28.4 Å². The van der Waals surface area contributed by atoms with Crippen LogP contribution in [0.15, 0.2) is 23.0 Å². The van der Waals surface area contributed by atoms with Gasteiger partial charge >= 0.3 is 0 Å². The largest absolute Gasteiger partial charge is 0.390 e. The fourth-order valence-corrected chi connectivity index (χ4v) is 9.20. The number of rotatable bonds is 5. The lowest BCUT2D eigenvalue weighted by Crippen LogP contribution is -2.35. The Bertz CT molecular complexity index is 1940. The SMILES string of the molecule is C[C@@H]([C@@H]1CCCN1C)n1ncc2c(-n3nccc3CO)nc(-c3noc4c3CCC[C@@]43CCCc4sc(N)c(C#N)c43)nc21. The maximum absolute atomic E-state index is 10.1. The Kier molecular flexibility index (Phi) is 6.37. The van der Waals surface area contributed by atoms with Gasteiger partial charge in [0.05, 0.1) is 40.9 Å². The fourth-order valence-electron chi connectivity index (χ4n) is 8.04. The van der Waals surface area contributed by atoms with Gasteiger partial charge in [-0.05, 0) is 83.5 Å². The standard InChI is InChI=1S/C31H34N10O2S/c1-17(22-7-5-13-39(22)2)40-29-21(15-35-40)30(41-18(16-42)9-12-34-41)37-28(36-29)25-19-6-3-10-31(26(19)43-38-25)11-4-8-23-24(31)20(14-32)27(33)44-23/h9,12,15,17,22,42H,3-8,10-11,13,16,33H2,1-2H3/t17-,22-,31-/m0/s1.